The highest BCUT2D eigenvalue weighted by atomic mass is 32.2. The van der Waals surface area contributed by atoms with Gasteiger partial charge in [-0.05, 0) is 53.9 Å². The Bertz CT molecular complexity index is 1160. The summed E-state index contributed by atoms with van der Waals surface area (Å²) in [5.41, 5.74) is 6.14. The summed E-state index contributed by atoms with van der Waals surface area (Å²) in [6, 6.07) is 16.1. The van der Waals surface area contributed by atoms with E-state index < -0.39 is 21.8 Å². The molecule has 0 aliphatic rings. The predicted octanol–water partition coefficient (Wildman–Crippen LogP) is 2.37. The average Bonchev–Trinajstić information content (AvgIpc) is 3.30. The van der Waals surface area contributed by atoms with E-state index in [1.807, 2.05) is 42.6 Å². The molecule has 0 aliphatic carbocycles. The number of rotatable bonds is 7. The lowest BCUT2D eigenvalue weighted by molar-refractivity contribution is 0.0846. The van der Waals surface area contributed by atoms with Crippen molar-refractivity contribution in [3.63, 3.8) is 0 Å². The molecule has 3 aromatic rings. The topological polar surface area (TPSA) is 108 Å². The van der Waals surface area contributed by atoms with E-state index in [4.69, 9.17) is 0 Å². The van der Waals surface area contributed by atoms with Crippen LogP contribution in [0.25, 0.3) is 0 Å². The van der Waals surface area contributed by atoms with Crippen LogP contribution in [-0.4, -0.2) is 34.3 Å². The van der Waals surface area contributed by atoms with E-state index in [2.05, 4.69) is 15.6 Å². The molecule has 0 saturated carbocycles. The number of sulfonamides is 1. The Balaban J connectivity index is 1.58. The smallest absolute Gasteiger partial charge is 0.269 e. The molecule has 0 unspecified atom stereocenters. The lowest BCUT2D eigenvalue weighted by Crippen LogP contribution is -2.41. The second kappa shape index (κ2) is 9.73. The fourth-order valence-corrected chi connectivity index (χ4v) is 4.37. The molecule has 162 valence electrons. The van der Waals surface area contributed by atoms with Gasteiger partial charge in [0.05, 0.1) is 4.90 Å². The standard InChI is InChI=1S/C21H22N4O4S2/c1-25(2)17-6-3-5-16(13-17)21(27)24-23-20(26)15-8-10-19(11-9-15)31(28,29)22-14-18-7-4-12-30-18/h3-13,22H,14H2,1-2H3,(H,23,26)(H,24,27). The van der Waals surface area contributed by atoms with Crippen LogP contribution in [0.15, 0.2) is 70.9 Å². The van der Waals surface area contributed by atoms with Crippen LogP contribution in [0.1, 0.15) is 25.6 Å². The van der Waals surface area contributed by atoms with Crippen molar-refractivity contribution in [2.45, 2.75) is 11.4 Å². The normalized spacial score (nSPS) is 11.0. The lowest BCUT2D eigenvalue weighted by Gasteiger charge is -2.13. The summed E-state index contributed by atoms with van der Waals surface area (Å²) in [6.07, 6.45) is 0. The Hall–Kier alpha value is -3.21. The highest BCUT2D eigenvalue weighted by Gasteiger charge is 2.16. The molecule has 31 heavy (non-hydrogen) atoms. The molecule has 2 amide bonds. The number of benzene rings is 2. The molecule has 10 heteroatoms. The Morgan fingerprint density at radius 3 is 2.19 bits per heavy atom. The molecule has 8 nitrogen and oxygen atoms in total. The molecule has 3 rings (SSSR count). The fourth-order valence-electron chi connectivity index (χ4n) is 2.63. The Kier molecular flexibility index (Phi) is 7.06. The van der Waals surface area contributed by atoms with Crippen LogP contribution < -0.4 is 20.5 Å². The number of carbonyl (C=O) groups excluding carboxylic acids is 2. The molecule has 0 bridgehead atoms. The molecule has 0 saturated heterocycles. The SMILES string of the molecule is CN(C)c1cccc(C(=O)NNC(=O)c2ccc(S(=O)(=O)NCc3cccs3)cc2)c1. The zero-order chi connectivity index (χ0) is 22.4. The third kappa shape index (κ3) is 5.91. The van der Waals surface area contributed by atoms with E-state index in [1.165, 1.54) is 35.6 Å². The zero-order valence-corrected chi connectivity index (χ0v) is 18.6. The Labute approximate surface area is 184 Å². The van der Waals surface area contributed by atoms with Crippen molar-refractivity contribution in [3.05, 3.63) is 82.0 Å². The van der Waals surface area contributed by atoms with Crippen molar-refractivity contribution >= 4 is 38.9 Å². The quantitative estimate of drug-likeness (QED) is 0.471. The van der Waals surface area contributed by atoms with Crippen molar-refractivity contribution < 1.29 is 18.0 Å². The summed E-state index contributed by atoms with van der Waals surface area (Å²) in [7, 11) is 0.0224. The van der Waals surface area contributed by atoms with Gasteiger partial charge < -0.3 is 4.90 Å². The molecule has 3 N–H and O–H groups in total. The monoisotopic (exact) mass is 458 g/mol. The second-order valence-electron chi connectivity index (χ2n) is 6.78. The number of hydrazine groups is 1. The van der Waals surface area contributed by atoms with Crippen LogP contribution in [-0.2, 0) is 16.6 Å². The van der Waals surface area contributed by atoms with Crippen LogP contribution in [0.5, 0.6) is 0 Å². The molecule has 1 aromatic heterocycles. The number of hydrogen-bond donors (Lipinski definition) is 3. The van der Waals surface area contributed by atoms with Gasteiger partial charge in [-0.2, -0.15) is 0 Å². The van der Waals surface area contributed by atoms with Crippen molar-refractivity contribution in [1.82, 2.24) is 15.6 Å². The number of carbonyl (C=O) groups is 2. The first kappa shape index (κ1) is 22.5. The number of nitrogens with one attached hydrogen (secondary N) is 3. The molecule has 0 fully saturated rings. The van der Waals surface area contributed by atoms with Gasteiger partial charge in [0.2, 0.25) is 10.0 Å². The molecular formula is C21H22N4O4S2. The lowest BCUT2D eigenvalue weighted by atomic mass is 10.2. The second-order valence-corrected chi connectivity index (χ2v) is 9.58. The molecule has 0 atom stereocenters. The van der Waals surface area contributed by atoms with Crippen molar-refractivity contribution in [2.75, 3.05) is 19.0 Å². The maximum Gasteiger partial charge on any atom is 0.269 e. The molecular weight excluding hydrogens is 436 g/mol. The van der Waals surface area contributed by atoms with Gasteiger partial charge in [0.25, 0.3) is 11.8 Å². The molecule has 2 aromatic carbocycles. The van der Waals surface area contributed by atoms with Crippen LogP contribution in [0, 0.1) is 0 Å². The molecule has 0 spiro atoms. The fraction of sp³-hybridized carbons (Fsp3) is 0.143. The minimum atomic E-state index is -3.70. The third-order valence-corrected chi connectivity index (χ3v) is 6.65. The van der Waals surface area contributed by atoms with E-state index in [-0.39, 0.29) is 17.0 Å². The van der Waals surface area contributed by atoms with Crippen molar-refractivity contribution in [2.24, 2.45) is 0 Å². The maximum absolute atomic E-state index is 12.4. The van der Waals surface area contributed by atoms with E-state index in [0.29, 0.717) is 5.56 Å². The van der Waals surface area contributed by atoms with Crippen LogP contribution in [0.4, 0.5) is 5.69 Å². The van der Waals surface area contributed by atoms with Gasteiger partial charge in [0, 0.05) is 42.3 Å². The van der Waals surface area contributed by atoms with Gasteiger partial charge in [0.15, 0.2) is 0 Å². The minimum Gasteiger partial charge on any atom is -0.378 e. The first-order valence-corrected chi connectivity index (χ1v) is 11.6. The molecule has 1 heterocycles. The van der Waals surface area contributed by atoms with Crippen LogP contribution in [0.2, 0.25) is 0 Å². The Morgan fingerprint density at radius 2 is 1.58 bits per heavy atom. The van der Waals surface area contributed by atoms with Crippen molar-refractivity contribution in [3.8, 4) is 0 Å². The first-order chi connectivity index (χ1) is 14.8. The highest BCUT2D eigenvalue weighted by molar-refractivity contribution is 7.89. The van der Waals surface area contributed by atoms with E-state index in [9.17, 15) is 18.0 Å². The summed E-state index contributed by atoms with van der Waals surface area (Å²) in [5, 5.41) is 1.87. The average molecular weight is 459 g/mol. The highest BCUT2D eigenvalue weighted by Crippen LogP contribution is 2.14. The zero-order valence-electron chi connectivity index (χ0n) is 17.0. The number of anilines is 1. The summed E-state index contributed by atoms with van der Waals surface area (Å²) in [4.78, 5) is 27.4. The first-order valence-electron chi connectivity index (χ1n) is 9.26. The third-order valence-electron chi connectivity index (χ3n) is 4.36. The number of amides is 2. The van der Waals surface area contributed by atoms with E-state index >= 15 is 0 Å². The van der Waals surface area contributed by atoms with Crippen LogP contribution >= 0.6 is 11.3 Å². The minimum absolute atomic E-state index is 0.0464. The van der Waals surface area contributed by atoms with Gasteiger partial charge in [-0.3, -0.25) is 20.4 Å². The van der Waals surface area contributed by atoms with Gasteiger partial charge in [-0.25, -0.2) is 13.1 Å². The van der Waals surface area contributed by atoms with Gasteiger partial charge in [-0.15, -0.1) is 11.3 Å². The summed E-state index contributed by atoms with van der Waals surface area (Å²) in [6.45, 7) is 0.198. The number of nitrogens with zero attached hydrogens (tertiary/aromatic N) is 1. The summed E-state index contributed by atoms with van der Waals surface area (Å²) < 4.78 is 27.3. The summed E-state index contributed by atoms with van der Waals surface area (Å²) in [5.74, 6) is -1.03. The number of hydrogen-bond acceptors (Lipinski definition) is 6. The number of thiophene rings is 1. The van der Waals surface area contributed by atoms with Crippen LogP contribution in [0.3, 0.4) is 0 Å². The van der Waals surface area contributed by atoms with Crippen molar-refractivity contribution in [1.29, 1.82) is 0 Å². The van der Waals surface area contributed by atoms with E-state index in [0.717, 1.165) is 10.6 Å². The molecule has 0 radical (unpaired) electrons. The largest absolute Gasteiger partial charge is 0.378 e. The predicted molar refractivity (Wildman–Crippen MR) is 120 cm³/mol. The summed E-state index contributed by atoms with van der Waals surface area (Å²) >= 11 is 1.46. The van der Waals surface area contributed by atoms with E-state index in [1.54, 1.807) is 18.2 Å². The molecule has 0 aliphatic heterocycles. The van der Waals surface area contributed by atoms with Gasteiger partial charge in [-0.1, -0.05) is 12.1 Å². The van der Waals surface area contributed by atoms with Gasteiger partial charge >= 0.3 is 0 Å². The Morgan fingerprint density at radius 1 is 0.903 bits per heavy atom. The maximum atomic E-state index is 12.4. The van der Waals surface area contributed by atoms with Gasteiger partial charge in [0.1, 0.15) is 0 Å².